The lowest BCUT2D eigenvalue weighted by molar-refractivity contribution is -0.143. The Kier molecular flexibility index (Phi) is 10.2. The van der Waals surface area contributed by atoms with Crippen molar-refractivity contribution in [2.75, 3.05) is 0 Å². The highest BCUT2D eigenvalue weighted by Gasteiger charge is 2.30. The lowest BCUT2D eigenvalue weighted by Gasteiger charge is -2.22. The molecule has 0 bridgehead atoms. The Morgan fingerprint density at radius 2 is 1.39 bits per heavy atom. The van der Waals surface area contributed by atoms with Gasteiger partial charge in [-0.2, -0.15) is 0 Å². The standard InChI is InChI=1S/C15H25N5O8/c1-6(16)12(24)18-7(2)13(25)20-9(5-11(22)23)14(26)19-8(15(27)28)3-4-10(17)21/h6-9H,3-5,16H2,1-2H3,(H2,17,21)(H,18,24)(H,19,26)(H,20,25)(H,22,23)(H,27,28). The number of nitrogens with two attached hydrogens (primary N) is 2. The smallest absolute Gasteiger partial charge is 0.326 e. The number of carbonyl (C=O) groups excluding carboxylic acids is 4. The molecule has 0 aliphatic heterocycles. The van der Waals surface area contributed by atoms with Crippen molar-refractivity contribution in [3.05, 3.63) is 0 Å². The van der Waals surface area contributed by atoms with Gasteiger partial charge in [-0.25, -0.2) is 4.79 Å². The van der Waals surface area contributed by atoms with Crippen molar-refractivity contribution in [3.8, 4) is 0 Å². The maximum absolute atomic E-state index is 12.3. The van der Waals surface area contributed by atoms with Crippen LogP contribution >= 0.6 is 0 Å². The predicted molar refractivity (Wildman–Crippen MR) is 93.4 cm³/mol. The van der Waals surface area contributed by atoms with Gasteiger partial charge in [-0.05, 0) is 20.3 Å². The van der Waals surface area contributed by atoms with Crippen molar-refractivity contribution in [3.63, 3.8) is 0 Å². The number of carboxylic acid groups (broad SMARTS) is 2. The number of aliphatic carboxylic acids is 2. The third kappa shape index (κ3) is 9.47. The first-order chi connectivity index (χ1) is 12.8. The van der Waals surface area contributed by atoms with Gasteiger partial charge < -0.3 is 37.6 Å². The van der Waals surface area contributed by atoms with Gasteiger partial charge in [0.25, 0.3) is 0 Å². The number of nitrogens with one attached hydrogen (secondary N) is 3. The second kappa shape index (κ2) is 11.5. The summed E-state index contributed by atoms with van der Waals surface area (Å²) in [4.78, 5) is 68.8. The average molecular weight is 403 g/mol. The van der Waals surface area contributed by atoms with Crippen LogP contribution in [0.1, 0.15) is 33.1 Å². The fraction of sp³-hybridized carbons (Fsp3) is 0.600. The Labute approximate surface area is 160 Å². The number of hydrogen-bond donors (Lipinski definition) is 7. The number of rotatable bonds is 12. The van der Waals surface area contributed by atoms with Gasteiger partial charge >= 0.3 is 11.9 Å². The van der Waals surface area contributed by atoms with E-state index in [0.717, 1.165) is 0 Å². The Bertz CT molecular complexity index is 636. The molecular weight excluding hydrogens is 378 g/mol. The van der Waals surface area contributed by atoms with Gasteiger partial charge in [0.05, 0.1) is 12.5 Å². The Hall–Kier alpha value is -3.22. The second-order valence-corrected chi connectivity index (χ2v) is 6.08. The molecule has 0 aliphatic carbocycles. The summed E-state index contributed by atoms with van der Waals surface area (Å²) in [6.45, 7) is 2.68. The molecule has 0 rings (SSSR count). The van der Waals surface area contributed by atoms with E-state index in [2.05, 4.69) is 10.6 Å². The van der Waals surface area contributed by atoms with Gasteiger partial charge in [0.1, 0.15) is 18.1 Å². The molecule has 0 aromatic carbocycles. The Morgan fingerprint density at radius 3 is 1.82 bits per heavy atom. The molecule has 0 fully saturated rings. The van der Waals surface area contributed by atoms with E-state index in [1.165, 1.54) is 13.8 Å². The number of carboxylic acids is 2. The van der Waals surface area contributed by atoms with Crippen LogP contribution in [-0.4, -0.2) is 69.9 Å². The molecule has 0 aromatic heterocycles. The fourth-order valence-electron chi connectivity index (χ4n) is 1.91. The summed E-state index contributed by atoms with van der Waals surface area (Å²) < 4.78 is 0. The van der Waals surface area contributed by atoms with E-state index in [-0.39, 0.29) is 12.8 Å². The molecule has 4 amide bonds. The topological polar surface area (TPSA) is 231 Å². The molecule has 0 saturated carbocycles. The lowest BCUT2D eigenvalue weighted by Crippen LogP contribution is -2.56. The van der Waals surface area contributed by atoms with E-state index in [4.69, 9.17) is 21.7 Å². The largest absolute Gasteiger partial charge is 0.481 e. The zero-order valence-corrected chi connectivity index (χ0v) is 15.4. The van der Waals surface area contributed by atoms with E-state index in [1.807, 2.05) is 5.32 Å². The summed E-state index contributed by atoms with van der Waals surface area (Å²) in [5, 5.41) is 24.5. The minimum absolute atomic E-state index is 0.314. The van der Waals surface area contributed by atoms with Crippen LogP contribution in [0.15, 0.2) is 0 Å². The van der Waals surface area contributed by atoms with Crippen molar-refractivity contribution >= 4 is 35.6 Å². The summed E-state index contributed by atoms with van der Waals surface area (Å²) >= 11 is 0. The average Bonchev–Trinajstić information content (AvgIpc) is 2.56. The van der Waals surface area contributed by atoms with Gasteiger partial charge in [-0.3, -0.25) is 24.0 Å². The van der Waals surface area contributed by atoms with Crippen molar-refractivity contribution < 1.29 is 39.0 Å². The number of primary amides is 1. The monoisotopic (exact) mass is 403 g/mol. The summed E-state index contributed by atoms with van der Waals surface area (Å²) in [7, 11) is 0. The molecule has 158 valence electrons. The maximum atomic E-state index is 12.3. The minimum atomic E-state index is -1.62. The van der Waals surface area contributed by atoms with Gasteiger partial charge in [0.2, 0.25) is 23.6 Å². The first-order valence-corrected chi connectivity index (χ1v) is 8.24. The quantitative estimate of drug-likeness (QED) is 0.172. The van der Waals surface area contributed by atoms with Crippen LogP contribution in [0.2, 0.25) is 0 Å². The van der Waals surface area contributed by atoms with Gasteiger partial charge in [-0.1, -0.05) is 0 Å². The molecule has 13 heteroatoms. The molecule has 4 atom stereocenters. The van der Waals surface area contributed by atoms with Gasteiger partial charge in [0.15, 0.2) is 0 Å². The van der Waals surface area contributed by atoms with Crippen LogP contribution < -0.4 is 27.4 Å². The van der Waals surface area contributed by atoms with E-state index in [0.29, 0.717) is 0 Å². The number of carbonyl (C=O) groups is 6. The molecule has 9 N–H and O–H groups in total. The highest BCUT2D eigenvalue weighted by Crippen LogP contribution is 2.01. The van der Waals surface area contributed by atoms with Crippen LogP contribution in [0.4, 0.5) is 0 Å². The van der Waals surface area contributed by atoms with Crippen LogP contribution in [0, 0.1) is 0 Å². The van der Waals surface area contributed by atoms with Crippen molar-refractivity contribution in [1.29, 1.82) is 0 Å². The molecule has 28 heavy (non-hydrogen) atoms. The zero-order valence-electron chi connectivity index (χ0n) is 15.4. The van der Waals surface area contributed by atoms with E-state index in [1.54, 1.807) is 0 Å². The third-order valence-electron chi connectivity index (χ3n) is 3.47. The highest BCUT2D eigenvalue weighted by molar-refractivity contribution is 5.95. The van der Waals surface area contributed by atoms with E-state index < -0.39 is 66.2 Å². The summed E-state index contributed by atoms with van der Waals surface area (Å²) in [5.41, 5.74) is 10.3. The van der Waals surface area contributed by atoms with Crippen molar-refractivity contribution in [1.82, 2.24) is 16.0 Å². The summed E-state index contributed by atoms with van der Waals surface area (Å²) in [5.74, 6) is -6.28. The predicted octanol–water partition coefficient (Wildman–Crippen LogP) is -3.37. The highest BCUT2D eigenvalue weighted by atomic mass is 16.4. The minimum Gasteiger partial charge on any atom is -0.481 e. The Morgan fingerprint density at radius 1 is 0.857 bits per heavy atom. The van der Waals surface area contributed by atoms with Crippen LogP contribution in [0.3, 0.4) is 0 Å². The fourth-order valence-corrected chi connectivity index (χ4v) is 1.91. The third-order valence-corrected chi connectivity index (χ3v) is 3.47. The molecule has 0 spiro atoms. The molecule has 13 nitrogen and oxygen atoms in total. The second-order valence-electron chi connectivity index (χ2n) is 6.08. The van der Waals surface area contributed by atoms with Crippen LogP contribution in [0.25, 0.3) is 0 Å². The van der Waals surface area contributed by atoms with E-state index in [9.17, 15) is 28.8 Å². The Balaban J connectivity index is 5.12. The van der Waals surface area contributed by atoms with Crippen molar-refractivity contribution in [2.24, 2.45) is 11.5 Å². The lowest BCUT2D eigenvalue weighted by atomic mass is 10.1. The molecule has 0 aromatic rings. The normalized spacial score (nSPS) is 14.7. The molecule has 4 unspecified atom stereocenters. The van der Waals surface area contributed by atoms with Crippen molar-refractivity contribution in [2.45, 2.75) is 57.3 Å². The van der Waals surface area contributed by atoms with Crippen LogP contribution in [-0.2, 0) is 28.8 Å². The van der Waals surface area contributed by atoms with E-state index >= 15 is 0 Å². The number of amides is 4. The van der Waals surface area contributed by atoms with Gasteiger partial charge in [-0.15, -0.1) is 0 Å². The van der Waals surface area contributed by atoms with Gasteiger partial charge in [0, 0.05) is 6.42 Å². The van der Waals surface area contributed by atoms with Crippen LogP contribution in [0.5, 0.6) is 0 Å². The molecule has 0 saturated heterocycles. The zero-order chi connectivity index (χ0) is 22.0. The number of hydrogen-bond acceptors (Lipinski definition) is 7. The SMILES string of the molecule is CC(N)C(=O)NC(C)C(=O)NC(CC(=O)O)C(=O)NC(CCC(N)=O)C(=O)O. The maximum Gasteiger partial charge on any atom is 0.326 e. The first-order valence-electron chi connectivity index (χ1n) is 8.24. The summed E-state index contributed by atoms with van der Waals surface area (Å²) in [6.07, 6.45) is -1.48. The molecule has 0 radical (unpaired) electrons. The molecular formula is C15H25N5O8. The molecule has 0 heterocycles. The molecule has 0 aliphatic rings. The first kappa shape index (κ1) is 24.8. The summed E-state index contributed by atoms with van der Waals surface area (Å²) in [6, 6.07) is -5.15.